The Labute approximate surface area is 134 Å². The molecule has 3 rings (SSSR count). The first kappa shape index (κ1) is 14.3. The van der Waals surface area contributed by atoms with E-state index in [0.29, 0.717) is 5.11 Å². The monoisotopic (exact) mass is 308 g/mol. The van der Waals surface area contributed by atoms with Gasteiger partial charge in [0.1, 0.15) is 0 Å². The number of fused-ring (bicyclic) bond motifs is 1. The Morgan fingerprint density at radius 2 is 1.95 bits per heavy atom. The predicted octanol–water partition coefficient (Wildman–Crippen LogP) is 3.80. The highest BCUT2D eigenvalue weighted by molar-refractivity contribution is 7.80. The van der Waals surface area contributed by atoms with Crippen LogP contribution in [0.2, 0.25) is 0 Å². The Bertz CT molecular complexity index is 818. The quantitative estimate of drug-likeness (QED) is 0.392. The van der Waals surface area contributed by atoms with E-state index in [4.69, 9.17) is 12.2 Å². The molecule has 0 bridgehead atoms. The number of nitrogens with zero attached hydrogens (tertiary/aromatic N) is 1. The molecule has 0 unspecified atom stereocenters. The van der Waals surface area contributed by atoms with Crippen LogP contribution in [0.25, 0.3) is 10.9 Å². The molecule has 0 amide bonds. The maximum atomic E-state index is 5.22. The fourth-order valence-corrected chi connectivity index (χ4v) is 2.35. The van der Waals surface area contributed by atoms with Crippen molar-refractivity contribution in [2.45, 2.75) is 6.92 Å². The number of aromatic amines is 1. The van der Waals surface area contributed by atoms with Gasteiger partial charge >= 0.3 is 0 Å². The van der Waals surface area contributed by atoms with E-state index in [1.807, 2.05) is 61.7 Å². The maximum Gasteiger partial charge on any atom is 0.191 e. The molecule has 0 saturated heterocycles. The van der Waals surface area contributed by atoms with Crippen molar-refractivity contribution in [1.29, 1.82) is 0 Å². The third-order valence-corrected chi connectivity index (χ3v) is 3.50. The fourth-order valence-electron chi connectivity index (χ4n) is 2.18. The molecule has 0 atom stereocenters. The van der Waals surface area contributed by atoms with E-state index in [9.17, 15) is 0 Å². The minimum absolute atomic E-state index is 0.460. The molecule has 0 aliphatic heterocycles. The molecule has 110 valence electrons. The summed E-state index contributed by atoms with van der Waals surface area (Å²) >= 11 is 5.22. The highest BCUT2D eigenvalue weighted by Crippen LogP contribution is 2.15. The zero-order valence-electron chi connectivity index (χ0n) is 12.1. The molecule has 0 fully saturated rings. The second kappa shape index (κ2) is 6.41. The molecule has 0 spiro atoms. The van der Waals surface area contributed by atoms with Gasteiger partial charge in [0.05, 0.1) is 6.21 Å². The lowest BCUT2D eigenvalue weighted by molar-refractivity contribution is 1.05. The van der Waals surface area contributed by atoms with E-state index < -0.39 is 0 Å². The topological polar surface area (TPSA) is 52.2 Å². The largest absolute Gasteiger partial charge is 0.361 e. The number of hydrogen-bond acceptors (Lipinski definition) is 2. The summed E-state index contributed by atoms with van der Waals surface area (Å²) in [4.78, 5) is 3.18. The summed E-state index contributed by atoms with van der Waals surface area (Å²) in [5.41, 5.74) is 7.10. The van der Waals surface area contributed by atoms with Gasteiger partial charge in [0.15, 0.2) is 5.11 Å². The smallest absolute Gasteiger partial charge is 0.191 e. The fraction of sp³-hybridized carbons (Fsp3) is 0.0588. The SMILES string of the molecule is Cc1ccc(NC(=S)N/N=C/c2cccc3[nH]ccc23)cc1. The number of benzene rings is 2. The van der Waals surface area contributed by atoms with Crippen molar-refractivity contribution in [2.24, 2.45) is 5.10 Å². The van der Waals surface area contributed by atoms with Crippen LogP contribution in [-0.2, 0) is 0 Å². The molecule has 0 saturated carbocycles. The molecular weight excluding hydrogens is 292 g/mol. The summed E-state index contributed by atoms with van der Waals surface area (Å²) < 4.78 is 0. The third kappa shape index (κ3) is 3.32. The first-order valence-corrected chi connectivity index (χ1v) is 7.36. The number of aryl methyl sites for hydroxylation is 1. The summed E-state index contributed by atoms with van der Waals surface area (Å²) in [7, 11) is 0. The average Bonchev–Trinajstić information content (AvgIpc) is 2.99. The highest BCUT2D eigenvalue weighted by atomic mass is 32.1. The lowest BCUT2D eigenvalue weighted by Crippen LogP contribution is -2.23. The number of aromatic nitrogens is 1. The zero-order valence-corrected chi connectivity index (χ0v) is 12.9. The Kier molecular flexibility index (Phi) is 4.16. The van der Waals surface area contributed by atoms with Crippen molar-refractivity contribution in [3.8, 4) is 0 Å². The number of rotatable bonds is 3. The molecule has 1 heterocycles. The van der Waals surface area contributed by atoms with Crippen molar-refractivity contribution in [1.82, 2.24) is 10.4 Å². The van der Waals surface area contributed by atoms with Crippen LogP contribution in [0.3, 0.4) is 0 Å². The van der Waals surface area contributed by atoms with Gasteiger partial charge in [0.2, 0.25) is 0 Å². The molecule has 22 heavy (non-hydrogen) atoms. The van der Waals surface area contributed by atoms with Crippen LogP contribution in [0.4, 0.5) is 5.69 Å². The van der Waals surface area contributed by atoms with E-state index >= 15 is 0 Å². The molecule has 0 radical (unpaired) electrons. The maximum absolute atomic E-state index is 5.22. The standard InChI is InChI=1S/C17H16N4S/c1-12-5-7-14(8-6-12)20-17(22)21-19-11-13-3-2-4-16-15(13)9-10-18-16/h2-11,18H,1H3,(H2,20,21,22)/b19-11+. The second-order valence-corrected chi connectivity index (χ2v) is 5.38. The number of nitrogens with one attached hydrogen (secondary N) is 3. The van der Waals surface area contributed by atoms with Gasteiger partial charge in [0, 0.05) is 28.4 Å². The summed E-state index contributed by atoms with van der Waals surface area (Å²) in [6.07, 6.45) is 3.68. The van der Waals surface area contributed by atoms with Crippen LogP contribution in [0.1, 0.15) is 11.1 Å². The molecule has 5 heteroatoms. The normalized spacial score (nSPS) is 11.0. The molecule has 2 aromatic carbocycles. The number of hydrazone groups is 1. The summed E-state index contributed by atoms with van der Waals surface area (Å²) in [6, 6.07) is 16.1. The first-order valence-electron chi connectivity index (χ1n) is 6.95. The number of thiocarbonyl (C=S) groups is 1. The van der Waals surface area contributed by atoms with Crippen LogP contribution in [0.5, 0.6) is 0 Å². The lowest BCUT2D eigenvalue weighted by Gasteiger charge is -2.07. The van der Waals surface area contributed by atoms with Gasteiger partial charge in [-0.05, 0) is 43.4 Å². The first-order chi connectivity index (χ1) is 10.7. The predicted molar refractivity (Wildman–Crippen MR) is 96.4 cm³/mol. The minimum Gasteiger partial charge on any atom is -0.361 e. The van der Waals surface area contributed by atoms with Crippen LogP contribution in [0.15, 0.2) is 59.8 Å². The number of hydrogen-bond donors (Lipinski definition) is 3. The highest BCUT2D eigenvalue weighted by Gasteiger charge is 1.99. The van der Waals surface area contributed by atoms with Crippen LogP contribution >= 0.6 is 12.2 Å². The van der Waals surface area contributed by atoms with E-state index in [2.05, 4.69) is 20.8 Å². The van der Waals surface area contributed by atoms with Gasteiger partial charge in [-0.25, -0.2) is 0 Å². The van der Waals surface area contributed by atoms with E-state index in [-0.39, 0.29) is 0 Å². The van der Waals surface area contributed by atoms with Crippen molar-refractivity contribution in [2.75, 3.05) is 5.32 Å². The van der Waals surface area contributed by atoms with Crippen molar-refractivity contribution in [3.63, 3.8) is 0 Å². The summed E-state index contributed by atoms with van der Waals surface area (Å²) in [5, 5.41) is 8.87. The molecular formula is C17H16N4S. The Morgan fingerprint density at radius 3 is 2.77 bits per heavy atom. The molecule has 3 N–H and O–H groups in total. The van der Waals surface area contributed by atoms with E-state index in [1.54, 1.807) is 6.21 Å². The van der Waals surface area contributed by atoms with Crippen LogP contribution in [-0.4, -0.2) is 16.3 Å². The lowest BCUT2D eigenvalue weighted by atomic mass is 10.1. The van der Waals surface area contributed by atoms with Crippen molar-refractivity contribution in [3.05, 3.63) is 65.9 Å². The molecule has 0 aliphatic rings. The molecule has 1 aromatic heterocycles. The van der Waals surface area contributed by atoms with Crippen molar-refractivity contribution < 1.29 is 0 Å². The zero-order chi connectivity index (χ0) is 15.4. The van der Waals surface area contributed by atoms with Gasteiger partial charge in [-0.2, -0.15) is 5.10 Å². The Hall–Kier alpha value is -2.66. The number of H-pyrrole nitrogens is 1. The van der Waals surface area contributed by atoms with Crippen molar-refractivity contribution >= 4 is 40.1 Å². The van der Waals surface area contributed by atoms with Gasteiger partial charge in [-0.1, -0.05) is 29.8 Å². The van der Waals surface area contributed by atoms with E-state index in [1.165, 1.54) is 5.56 Å². The third-order valence-electron chi connectivity index (χ3n) is 3.31. The average molecular weight is 308 g/mol. The van der Waals surface area contributed by atoms with E-state index in [0.717, 1.165) is 22.2 Å². The molecule has 3 aromatic rings. The molecule has 0 aliphatic carbocycles. The number of anilines is 1. The second-order valence-electron chi connectivity index (χ2n) is 4.98. The summed E-state index contributed by atoms with van der Waals surface area (Å²) in [5.74, 6) is 0. The van der Waals surface area contributed by atoms with Gasteiger partial charge in [-0.3, -0.25) is 5.43 Å². The summed E-state index contributed by atoms with van der Waals surface area (Å²) in [6.45, 7) is 2.05. The Balaban J connectivity index is 1.63. The minimum atomic E-state index is 0.460. The van der Waals surface area contributed by atoms with Crippen LogP contribution < -0.4 is 10.7 Å². The van der Waals surface area contributed by atoms with Gasteiger partial charge < -0.3 is 10.3 Å². The Morgan fingerprint density at radius 1 is 1.14 bits per heavy atom. The van der Waals surface area contributed by atoms with Gasteiger partial charge in [-0.15, -0.1) is 0 Å². The molecule has 4 nitrogen and oxygen atoms in total. The van der Waals surface area contributed by atoms with Crippen LogP contribution in [0, 0.1) is 6.92 Å². The van der Waals surface area contributed by atoms with Gasteiger partial charge in [0.25, 0.3) is 0 Å².